The smallest absolute Gasteiger partial charge is 0.321 e. The van der Waals surface area contributed by atoms with Crippen LogP contribution in [0.4, 0.5) is 0 Å². The number of carbonyl (C=O) groups is 2. The molecule has 2 rings (SSSR count). The first-order valence-corrected chi connectivity index (χ1v) is 11.4. The number of unbranched alkanes of at least 4 members (excludes halogenated alkanes) is 1. The van der Waals surface area contributed by atoms with E-state index in [0.717, 1.165) is 37.7 Å². The Morgan fingerprint density at radius 2 is 1.90 bits per heavy atom. The van der Waals surface area contributed by atoms with E-state index in [0.29, 0.717) is 23.7 Å². The van der Waals surface area contributed by atoms with Crippen LogP contribution in [-0.2, 0) is 21.0 Å². The van der Waals surface area contributed by atoms with Crippen molar-refractivity contribution < 1.29 is 29.4 Å². The summed E-state index contributed by atoms with van der Waals surface area (Å²) in [6.07, 6.45) is 5.34. The van der Waals surface area contributed by atoms with Crippen molar-refractivity contribution in [1.82, 2.24) is 5.06 Å². The van der Waals surface area contributed by atoms with Crippen LogP contribution < -0.4 is 4.74 Å². The van der Waals surface area contributed by atoms with E-state index in [4.69, 9.17) is 21.2 Å². The topological polar surface area (TPSA) is 96.3 Å². The van der Waals surface area contributed by atoms with Gasteiger partial charge < -0.3 is 14.9 Å². The average Bonchev–Trinajstić information content (AvgIpc) is 3.18. The van der Waals surface area contributed by atoms with Crippen LogP contribution in [0, 0.1) is 5.41 Å². The highest BCUT2D eigenvalue weighted by molar-refractivity contribution is 6.30. The molecule has 1 fully saturated rings. The van der Waals surface area contributed by atoms with Crippen molar-refractivity contribution in [1.29, 1.82) is 0 Å². The summed E-state index contributed by atoms with van der Waals surface area (Å²) in [5.74, 6) is -1.96. The summed E-state index contributed by atoms with van der Waals surface area (Å²) in [5.41, 5.74) is -0.916. The molecule has 0 heterocycles. The molecule has 0 spiro atoms. The van der Waals surface area contributed by atoms with Gasteiger partial charge >= 0.3 is 11.9 Å². The van der Waals surface area contributed by atoms with Gasteiger partial charge in [0.2, 0.25) is 0 Å². The van der Waals surface area contributed by atoms with Gasteiger partial charge in [0, 0.05) is 17.6 Å². The Balaban J connectivity index is 2.30. The van der Waals surface area contributed by atoms with Crippen LogP contribution in [0.1, 0.15) is 70.8 Å². The van der Waals surface area contributed by atoms with E-state index in [1.807, 2.05) is 12.1 Å². The van der Waals surface area contributed by atoms with Crippen molar-refractivity contribution >= 4 is 23.5 Å². The lowest BCUT2D eigenvalue weighted by molar-refractivity contribution is -0.232. The molecule has 1 aromatic carbocycles. The van der Waals surface area contributed by atoms with E-state index in [2.05, 4.69) is 13.8 Å². The molecule has 2 atom stereocenters. The van der Waals surface area contributed by atoms with Crippen LogP contribution in [0.3, 0.4) is 0 Å². The highest BCUT2D eigenvalue weighted by Crippen LogP contribution is 2.42. The Labute approximate surface area is 189 Å². The molecular formula is C23H34ClNO6. The number of hydrogen-bond donors (Lipinski definition) is 2. The van der Waals surface area contributed by atoms with Gasteiger partial charge in [-0.15, -0.1) is 0 Å². The molecule has 8 heteroatoms. The maximum Gasteiger partial charge on any atom is 0.321 e. The second-order valence-corrected chi connectivity index (χ2v) is 8.76. The van der Waals surface area contributed by atoms with Gasteiger partial charge in [0.15, 0.2) is 5.41 Å². The van der Waals surface area contributed by atoms with Crippen molar-refractivity contribution in [2.45, 2.75) is 83.9 Å². The molecule has 0 bridgehead atoms. The maximum atomic E-state index is 11.8. The van der Waals surface area contributed by atoms with E-state index < -0.39 is 17.4 Å². The number of benzene rings is 1. The third kappa shape index (κ3) is 6.57. The summed E-state index contributed by atoms with van der Waals surface area (Å²) in [4.78, 5) is 30.0. The average molecular weight is 456 g/mol. The van der Waals surface area contributed by atoms with Gasteiger partial charge in [0.25, 0.3) is 0 Å². The third-order valence-corrected chi connectivity index (χ3v) is 6.21. The largest absolute Gasteiger partial charge is 0.497 e. The maximum absolute atomic E-state index is 11.8. The highest BCUT2D eigenvalue weighted by Gasteiger charge is 2.53. The molecule has 0 aliphatic heterocycles. The SMILES string of the molecule is CCCCC(CCC)ON(Cc1cc(Cl)cc(OC)c1)C1CCC(C(=O)O)(C(=O)O)C1. The third-order valence-electron chi connectivity index (χ3n) is 5.99. The Hall–Kier alpha value is -1.83. The number of carboxylic acid groups (broad SMARTS) is 2. The minimum atomic E-state index is -1.78. The van der Waals surface area contributed by atoms with Crippen LogP contribution in [-0.4, -0.2) is 46.5 Å². The minimum absolute atomic E-state index is 0.00197. The molecule has 0 amide bonds. The number of rotatable bonds is 13. The standard InChI is InChI=1S/C23H34ClNO6/c1-4-6-8-19(7-5-2)31-25(15-16-11-17(24)13-20(12-16)30-3)18-9-10-23(14-18,21(26)27)22(28)29/h11-13,18-19H,4-10,14-15H2,1-3H3,(H,26,27)(H,28,29). The van der Waals surface area contributed by atoms with E-state index in [1.165, 1.54) is 0 Å². The van der Waals surface area contributed by atoms with Gasteiger partial charge in [0.1, 0.15) is 5.75 Å². The quantitative estimate of drug-likeness (QED) is 0.313. The fourth-order valence-electron chi connectivity index (χ4n) is 4.20. The summed E-state index contributed by atoms with van der Waals surface area (Å²) in [5, 5.41) is 21.6. The molecule has 0 radical (unpaired) electrons. The normalized spacial score (nSPS) is 18.8. The monoisotopic (exact) mass is 455 g/mol. The first kappa shape index (κ1) is 25.4. The second-order valence-electron chi connectivity index (χ2n) is 8.32. The molecule has 1 saturated carbocycles. The van der Waals surface area contributed by atoms with E-state index in [9.17, 15) is 19.8 Å². The molecule has 2 N–H and O–H groups in total. The van der Waals surface area contributed by atoms with Crippen molar-refractivity contribution in [2.75, 3.05) is 7.11 Å². The molecular weight excluding hydrogens is 422 g/mol. The molecule has 31 heavy (non-hydrogen) atoms. The number of hydrogen-bond acceptors (Lipinski definition) is 5. The zero-order valence-corrected chi connectivity index (χ0v) is 19.4. The van der Waals surface area contributed by atoms with Crippen molar-refractivity contribution in [3.8, 4) is 5.75 Å². The van der Waals surface area contributed by atoms with E-state index >= 15 is 0 Å². The van der Waals surface area contributed by atoms with Crippen LogP contribution in [0.15, 0.2) is 18.2 Å². The predicted octanol–water partition coefficient (Wildman–Crippen LogP) is 5.15. The summed E-state index contributed by atoms with van der Waals surface area (Å²) in [7, 11) is 1.57. The Kier molecular flexibility index (Phi) is 9.59. The fraction of sp³-hybridized carbons (Fsp3) is 0.652. The highest BCUT2D eigenvalue weighted by atomic mass is 35.5. The van der Waals surface area contributed by atoms with E-state index in [-0.39, 0.29) is 25.0 Å². The second kappa shape index (κ2) is 11.7. The summed E-state index contributed by atoms with van der Waals surface area (Å²) in [6.45, 7) is 4.59. The van der Waals surface area contributed by atoms with Crippen LogP contribution in [0.25, 0.3) is 0 Å². The van der Waals surface area contributed by atoms with Crippen molar-refractivity contribution in [2.24, 2.45) is 5.41 Å². The minimum Gasteiger partial charge on any atom is -0.497 e. The molecule has 174 valence electrons. The predicted molar refractivity (Wildman–Crippen MR) is 118 cm³/mol. The van der Waals surface area contributed by atoms with Gasteiger partial charge in [-0.1, -0.05) is 44.7 Å². The number of halogens is 1. The Morgan fingerprint density at radius 1 is 1.19 bits per heavy atom. The number of hydroxylamine groups is 2. The van der Waals surface area contributed by atoms with Gasteiger partial charge in [-0.2, -0.15) is 5.06 Å². The molecule has 1 aliphatic rings. The van der Waals surface area contributed by atoms with Gasteiger partial charge in [0.05, 0.1) is 13.2 Å². The van der Waals surface area contributed by atoms with Gasteiger partial charge in [-0.25, -0.2) is 0 Å². The first-order chi connectivity index (χ1) is 14.7. The Bertz CT molecular complexity index is 742. The first-order valence-electron chi connectivity index (χ1n) is 11.0. The summed E-state index contributed by atoms with van der Waals surface area (Å²) < 4.78 is 5.31. The molecule has 2 unspecified atom stereocenters. The lowest BCUT2D eigenvalue weighted by Crippen LogP contribution is -2.41. The Morgan fingerprint density at radius 3 is 2.45 bits per heavy atom. The molecule has 0 saturated heterocycles. The van der Waals surface area contributed by atoms with Crippen LogP contribution in [0.5, 0.6) is 5.75 Å². The molecule has 1 aliphatic carbocycles. The number of methoxy groups -OCH3 is 1. The van der Waals surface area contributed by atoms with Gasteiger partial charge in [-0.05, 0) is 55.9 Å². The number of carboxylic acids is 2. The van der Waals surface area contributed by atoms with Crippen LogP contribution >= 0.6 is 11.6 Å². The zero-order valence-electron chi connectivity index (χ0n) is 18.6. The fourth-order valence-corrected chi connectivity index (χ4v) is 4.45. The number of aliphatic carboxylic acids is 2. The number of nitrogens with zero attached hydrogens (tertiary/aromatic N) is 1. The summed E-state index contributed by atoms with van der Waals surface area (Å²) >= 11 is 6.23. The lowest BCUT2D eigenvalue weighted by Gasteiger charge is -2.33. The van der Waals surface area contributed by atoms with Crippen molar-refractivity contribution in [3.05, 3.63) is 28.8 Å². The summed E-state index contributed by atoms with van der Waals surface area (Å²) in [6, 6.07) is 5.07. The van der Waals surface area contributed by atoms with Crippen molar-refractivity contribution in [3.63, 3.8) is 0 Å². The zero-order chi connectivity index (χ0) is 23.0. The lowest BCUT2D eigenvalue weighted by atomic mass is 9.86. The van der Waals surface area contributed by atoms with E-state index in [1.54, 1.807) is 18.2 Å². The molecule has 0 aromatic heterocycles. The molecule has 1 aromatic rings. The van der Waals surface area contributed by atoms with Crippen LogP contribution in [0.2, 0.25) is 5.02 Å². The molecule has 7 nitrogen and oxygen atoms in total. The van der Waals surface area contributed by atoms with Gasteiger partial charge in [-0.3, -0.25) is 14.4 Å². The number of ether oxygens (including phenoxy) is 1.